The number of hydrogen-bond donors (Lipinski definition) is 5. The van der Waals surface area contributed by atoms with Crippen molar-refractivity contribution >= 4 is 29.6 Å². The smallest absolute Gasteiger partial charge is 0.405 e. The lowest BCUT2D eigenvalue weighted by molar-refractivity contribution is -0.141. The van der Waals surface area contributed by atoms with E-state index >= 15 is 0 Å². The molecule has 172 valence electrons. The fourth-order valence-electron chi connectivity index (χ4n) is 4.44. The number of carbonyl (C=O) groups excluding carboxylic acids is 4. The van der Waals surface area contributed by atoms with E-state index in [1.54, 1.807) is 0 Å². The molecule has 1 heterocycles. The molecule has 0 aromatic heterocycles. The Morgan fingerprint density at radius 2 is 1.65 bits per heavy atom. The molecule has 0 aromatic carbocycles. The Bertz CT molecular complexity index is 717. The quantitative estimate of drug-likeness (QED) is 0.313. The molecule has 31 heavy (non-hydrogen) atoms. The number of ketones is 1. The second-order valence-corrected chi connectivity index (χ2v) is 8.93. The average molecular weight is 437 g/mol. The Labute approximate surface area is 181 Å². The van der Waals surface area contributed by atoms with Crippen LogP contribution in [0.5, 0.6) is 0 Å². The topological polar surface area (TPSA) is 154 Å². The molecule has 0 unspecified atom stereocenters. The van der Waals surface area contributed by atoms with Gasteiger partial charge in [-0.1, -0.05) is 32.1 Å². The van der Waals surface area contributed by atoms with Crippen LogP contribution in [-0.4, -0.2) is 59.4 Å². The van der Waals surface area contributed by atoms with Gasteiger partial charge < -0.3 is 26.4 Å². The maximum absolute atomic E-state index is 13.0. The molecular formula is C21H32N4O6. The molecule has 2 aliphatic carbocycles. The molecule has 4 amide bonds. The van der Waals surface area contributed by atoms with Gasteiger partial charge in [-0.15, -0.1) is 0 Å². The van der Waals surface area contributed by atoms with Crippen LogP contribution in [0.2, 0.25) is 0 Å². The van der Waals surface area contributed by atoms with Gasteiger partial charge in [-0.2, -0.15) is 0 Å². The number of rotatable bonds is 10. The molecule has 5 N–H and O–H groups in total. The van der Waals surface area contributed by atoms with Gasteiger partial charge in [0.05, 0.1) is 6.04 Å². The summed E-state index contributed by atoms with van der Waals surface area (Å²) in [6.45, 7) is 0.484. The van der Waals surface area contributed by atoms with E-state index in [0.717, 1.165) is 44.9 Å². The van der Waals surface area contributed by atoms with Crippen LogP contribution in [0, 0.1) is 11.8 Å². The summed E-state index contributed by atoms with van der Waals surface area (Å²) in [7, 11) is 0. The zero-order chi connectivity index (χ0) is 22.4. The van der Waals surface area contributed by atoms with Crippen LogP contribution in [0.15, 0.2) is 0 Å². The molecule has 2 saturated carbocycles. The van der Waals surface area contributed by atoms with E-state index in [0.29, 0.717) is 19.4 Å². The number of carbonyl (C=O) groups is 5. The minimum Gasteiger partial charge on any atom is -0.465 e. The van der Waals surface area contributed by atoms with E-state index in [-0.39, 0.29) is 24.3 Å². The van der Waals surface area contributed by atoms with Crippen LogP contribution in [0.3, 0.4) is 0 Å². The Kier molecular flexibility index (Phi) is 7.86. The van der Waals surface area contributed by atoms with E-state index in [9.17, 15) is 29.1 Å². The second-order valence-electron chi connectivity index (χ2n) is 8.93. The lowest BCUT2D eigenvalue weighted by atomic mass is 9.84. The van der Waals surface area contributed by atoms with Crippen molar-refractivity contribution in [1.29, 1.82) is 0 Å². The van der Waals surface area contributed by atoms with Crippen molar-refractivity contribution in [3.63, 3.8) is 0 Å². The molecule has 3 rings (SSSR count). The average Bonchev–Trinajstić information content (AvgIpc) is 3.46. The van der Waals surface area contributed by atoms with Gasteiger partial charge in [-0.3, -0.25) is 19.2 Å². The molecule has 0 aromatic rings. The van der Waals surface area contributed by atoms with Gasteiger partial charge in [-0.05, 0) is 38.0 Å². The molecule has 10 heteroatoms. The van der Waals surface area contributed by atoms with Crippen LogP contribution >= 0.6 is 0 Å². The highest BCUT2D eigenvalue weighted by Gasteiger charge is 2.37. The summed E-state index contributed by atoms with van der Waals surface area (Å²) >= 11 is 0. The summed E-state index contributed by atoms with van der Waals surface area (Å²) in [5.41, 5.74) is 0. The van der Waals surface area contributed by atoms with Crippen molar-refractivity contribution in [1.82, 2.24) is 21.3 Å². The van der Waals surface area contributed by atoms with Crippen LogP contribution < -0.4 is 21.3 Å². The van der Waals surface area contributed by atoms with E-state index in [4.69, 9.17) is 0 Å². The van der Waals surface area contributed by atoms with Crippen LogP contribution in [0.1, 0.15) is 64.2 Å². The SMILES string of the molecule is O=C(O)N[C@@H](CC1CCCCC1)C(=O)N[C@@H](C[C@@H]1CCNC1=O)C(=O)C(=O)NC1CC1. The predicted octanol–water partition coefficient (Wildman–Crippen LogP) is 0.452. The highest BCUT2D eigenvalue weighted by molar-refractivity contribution is 6.38. The Balaban J connectivity index is 1.68. The van der Waals surface area contributed by atoms with Crippen molar-refractivity contribution in [2.45, 2.75) is 82.3 Å². The first-order chi connectivity index (χ1) is 14.8. The number of carboxylic acid groups (broad SMARTS) is 1. The first-order valence-corrected chi connectivity index (χ1v) is 11.3. The molecule has 0 radical (unpaired) electrons. The van der Waals surface area contributed by atoms with Gasteiger partial charge in [0.15, 0.2) is 0 Å². The van der Waals surface area contributed by atoms with Crippen LogP contribution in [0.4, 0.5) is 4.79 Å². The normalized spacial score (nSPS) is 23.4. The number of nitrogens with one attached hydrogen (secondary N) is 4. The zero-order valence-corrected chi connectivity index (χ0v) is 17.7. The van der Waals surface area contributed by atoms with Gasteiger partial charge in [0, 0.05) is 18.5 Å². The first-order valence-electron chi connectivity index (χ1n) is 11.3. The van der Waals surface area contributed by atoms with Crippen molar-refractivity contribution in [2.75, 3.05) is 6.54 Å². The van der Waals surface area contributed by atoms with Crippen molar-refractivity contribution in [3.05, 3.63) is 0 Å². The second kappa shape index (κ2) is 10.6. The molecule has 3 atom stereocenters. The zero-order valence-electron chi connectivity index (χ0n) is 17.7. The largest absolute Gasteiger partial charge is 0.465 e. The highest BCUT2D eigenvalue weighted by Crippen LogP contribution is 2.27. The third-order valence-electron chi connectivity index (χ3n) is 6.36. The van der Waals surface area contributed by atoms with Crippen LogP contribution in [-0.2, 0) is 19.2 Å². The number of hydrogen-bond acceptors (Lipinski definition) is 5. The van der Waals surface area contributed by atoms with Gasteiger partial charge in [0.2, 0.25) is 17.6 Å². The molecule has 1 aliphatic heterocycles. The number of Topliss-reactive ketones (excluding diaryl/α,β-unsaturated/α-hetero) is 1. The lowest BCUT2D eigenvalue weighted by Crippen LogP contribution is -2.55. The summed E-state index contributed by atoms with van der Waals surface area (Å²) < 4.78 is 0. The standard InChI is InChI=1S/C21H32N4O6/c26-17(20(29)23-14-6-7-14)15(11-13-8-9-22-18(13)27)24-19(28)16(25-21(30)31)10-12-4-2-1-3-5-12/h12-16,25H,1-11H2,(H,22,27)(H,23,29)(H,24,28)(H,30,31)/t13-,15-,16-/m0/s1. The lowest BCUT2D eigenvalue weighted by Gasteiger charge is -2.27. The minimum atomic E-state index is -1.32. The minimum absolute atomic E-state index is 0.0116. The predicted molar refractivity (Wildman–Crippen MR) is 110 cm³/mol. The monoisotopic (exact) mass is 436 g/mol. The maximum Gasteiger partial charge on any atom is 0.405 e. The summed E-state index contributed by atoms with van der Waals surface area (Å²) in [4.78, 5) is 61.3. The van der Waals surface area contributed by atoms with E-state index in [1.807, 2.05) is 0 Å². The van der Waals surface area contributed by atoms with Gasteiger partial charge in [-0.25, -0.2) is 4.79 Å². The number of amides is 4. The molecule has 10 nitrogen and oxygen atoms in total. The van der Waals surface area contributed by atoms with Gasteiger partial charge in [0.1, 0.15) is 6.04 Å². The van der Waals surface area contributed by atoms with E-state index in [2.05, 4.69) is 21.3 Å². The Morgan fingerprint density at radius 3 is 2.23 bits per heavy atom. The van der Waals surface area contributed by atoms with Crippen LogP contribution in [0.25, 0.3) is 0 Å². The van der Waals surface area contributed by atoms with Crippen molar-refractivity contribution < 1.29 is 29.1 Å². The summed E-state index contributed by atoms with van der Waals surface area (Å²) in [6, 6.07) is -2.21. The summed E-state index contributed by atoms with van der Waals surface area (Å²) in [5.74, 6) is -2.68. The van der Waals surface area contributed by atoms with E-state index < -0.39 is 41.7 Å². The molecule has 1 saturated heterocycles. The Morgan fingerprint density at radius 1 is 0.935 bits per heavy atom. The third-order valence-corrected chi connectivity index (χ3v) is 6.36. The molecule has 3 fully saturated rings. The first kappa shape index (κ1) is 23.0. The van der Waals surface area contributed by atoms with Gasteiger partial charge >= 0.3 is 6.09 Å². The Hall–Kier alpha value is -2.65. The maximum atomic E-state index is 13.0. The van der Waals surface area contributed by atoms with E-state index in [1.165, 1.54) is 0 Å². The molecule has 3 aliphatic rings. The molecule has 0 spiro atoms. The molecular weight excluding hydrogens is 404 g/mol. The summed E-state index contributed by atoms with van der Waals surface area (Å²) in [6.07, 6.45) is 6.27. The fourth-order valence-corrected chi connectivity index (χ4v) is 4.44. The van der Waals surface area contributed by atoms with Crippen molar-refractivity contribution in [2.24, 2.45) is 11.8 Å². The fraction of sp³-hybridized carbons (Fsp3) is 0.762. The third kappa shape index (κ3) is 6.93. The summed E-state index contributed by atoms with van der Waals surface area (Å²) in [5, 5.41) is 19.3. The van der Waals surface area contributed by atoms with Gasteiger partial charge in [0.25, 0.3) is 5.91 Å². The molecule has 0 bridgehead atoms. The van der Waals surface area contributed by atoms with Crippen molar-refractivity contribution in [3.8, 4) is 0 Å². The highest BCUT2D eigenvalue weighted by atomic mass is 16.4.